The van der Waals surface area contributed by atoms with E-state index in [0.29, 0.717) is 35.4 Å². The minimum atomic E-state index is -0.835. The lowest BCUT2D eigenvalue weighted by Crippen LogP contribution is -2.54. The van der Waals surface area contributed by atoms with Crippen molar-refractivity contribution >= 4 is 17.4 Å². The number of hydrogen-bond acceptors (Lipinski definition) is 3. The van der Waals surface area contributed by atoms with E-state index in [0.717, 1.165) is 37.8 Å². The summed E-state index contributed by atoms with van der Waals surface area (Å²) in [6.07, 6.45) is 12.7. The Labute approximate surface area is 178 Å². The summed E-state index contributed by atoms with van der Waals surface area (Å²) >= 11 is 0. The number of fused-ring (bicyclic) bond motifs is 4. The molecule has 30 heavy (non-hydrogen) atoms. The summed E-state index contributed by atoms with van der Waals surface area (Å²) in [6, 6.07) is 7.54. The van der Waals surface area contributed by atoms with Gasteiger partial charge in [-0.3, -0.25) is 9.59 Å². The maximum absolute atomic E-state index is 13.0. The Balaban J connectivity index is 1.55. The fourth-order valence-electron chi connectivity index (χ4n) is 7.08. The van der Waals surface area contributed by atoms with Crippen molar-refractivity contribution in [3.05, 3.63) is 53.8 Å². The van der Waals surface area contributed by atoms with Crippen molar-refractivity contribution in [3.8, 4) is 0 Å². The number of hydrogen-bond donors (Lipinski definition) is 2. The van der Waals surface area contributed by atoms with Crippen LogP contribution in [0.4, 0.5) is 5.69 Å². The van der Waals surface area contributed by atoms with Gasteiger partial charge in [-0.15, -0.1) is 0 Å². The van der Waals surface area contributed by atoms with Gasteiger partial charge in [0.15, 0.2) is 0 Å². The number of rotatable bonds is 2. The van der Waals surface area contributed by atoms with Gasteiger partial charge in [0.1, 0.15) is 0 Å². The molecule has 2 fully saturated rings. The normalized spacial score (nSPS) is 41.0. The number of nitrogens with one attached hydrogen (secondary N) is 1. The van der Waals surface area contributed by atoms with Gasteiger partial charge in [0, 0.05) is 11.3 Å². The minimum absolute atomic E-state index is 0.0130. The van der Waals surface area contributed by atoms with Crippen LogP contribution in [0.15, 0.2) is 48.2 Å². The predicted octanol–water partition coefficient (Wildman–Crippen LogP) is 5.68. The molecule has 1 aromatic rings. The number of aliphatic carboxylic acids is 1. The molecule has 0 radical (unpaired) electrons. The summed E-state index contributed by atoms with van der Waals surface area (Å²) in [5.41, 5.74) is 1.47. The smallest absolute Gasteiger partial charge is 0.309 e. The first-order valence-electron chi connectivity index (χ1n) is 11.4. The van der Waals surface area contributed by atoms with Crippen molar-refractivity contribution in [2.24, 2.45) is 34.5 Å². The molecule has 0 unspecified atom stereocenters. The van der Waals surface area contributed by atoms with Crippen molar-refractivity contribution < 1.29 is 14.7 Å². The summed E-state index contributed by atoms with van der Waals surface area (Å²) in [4.78, 5) is 25.5. The fourth-order valence-corrected chi connectivity index (χ4v) is 7.08. The van der Waals surface area contributed by atoms with E-state index in [1.807, 2.05) is 37.3 Å². The predicted molar refractivity (Wildman–Crippen MR) is 117 cm³/mol. The van der Waals surface area contributed by atoms with E-state index >= 15 is 0 Å². The van der Waals surface area contributed by atoms with E-state index in [1.54, 1.807) is 0 Å². The SMILES string of the molecule is C[C@]12CC=CC[C@@H]1CC[C@H]1[C@H]2CC[C@](C)(C(=O)O)[C@H]1/C=C1/Nc2ccccc2C1=O. The Morgan fingerprint density at radius 2 is 1.97 bits per heavy atom. The number of ketones is 1. The highest BCUT2D eigenvalue weighted by molar-refractivity contribution is 6.18. The van der Waals surface area contributed by atoms with Crippen LogP contribution in [0.2, 0.25) is 0 Å². The van der Waals surface area contributed by atoms with Crippen molar-refractivity contribution in [2.75, 3.05) is 5.32 Å². The molecular weight excluding hydrogens is 374 g/mol. The maximum atomic E-state index is 13.0. The molecule has 0 spiro atoms. The summed E-state index contributed by atoms with van der Waals surface area (Å²) in [6.45, 7) is 4.33. The van der Waals surface area contributed by atoms with Crippen molar-refractivity contribution in [1.82, 2.24) is 0 Å². The topological polar surface area (TPSA) is 66.4 Å². The first-order valence-corrected chi connectivity index (χ1v) is 11.4. The van der Waals surface area contributed by atoms with Gasteiger partial charge >= 0.3 is 5.97 Å². The van der Waals surface area contributed by atoms with Crippen LogP contribution in [0, 0.1) is 34.5 Å². The lowest BCUT2D eigenvalue weighted by Gasteiger charge is -2.59. The molecule has 1 aliphatic heterocycles. The number of Topliss-reactive ketones (excluding diaryl/α,β-unsaturated/α-hetero) is 1. The summed E-state index contributed by atoms with van der Waals surface area (Å²) in [5, 5.41) is 13.5. The number of benzene rings is 1. The van der Waals surface area contributed by atoms with Gasteiger partial charge in [0.2, 0.25) is 5.78 Å². The monoisotopic (exact) mass is 405 g/mol. The Morgan fingerprint density at radius 3 is 2.73 bits per heavy atom. The van der Waals surface area contributed by atoms with Crippen LogP contribution in [-0.2, 0) is 4.79 Å². The zero-order valence-electron chi connectivity index (χ0n) is 17.9. The molecule has 2 saturated carbocycles. The number of carboxylic acid groups (broad SMARTS) is 1. The van der Waals surface area contributed by atoms with Crippen LogP contribution in [0.5, 0.6) is 0 Å². The van der Waals surface area contributed by atoms with Gasteiger partial charge in [-0.2, -0.15) is 0 Å². The van der Waals surface area contributed by atoms with Crippen molar-refractivity contribution in [2.45, 2.75) is 52.4 Å². The van der Waals surface area contributed by atoms with E-state index in [9.17, 15) is 14.7 Å². The number of carboxylic acids is 1. The van der Waals surface area contributed by atoms with Crippen LogP contribution >= 0.6 is 0 Å². The van der Waals surface area contributed by atoms with Crippen LogP contribution in [0.25, 0.3) is 0 Å². The molecule has 1 aromatic carbocycles. The molecule has 2 N–H and O–H groups in total. The van der Waals surface area contributed by atoms with Crippen LogP contribution in [0.3, 0.4) is 0 Å². The number of allylic oxidation sites excluding steroid dienone is 4. The molecule has 5 rings (SSSR count). The molecule has 6 atom stereocenters. The Hall–Kier alpha value is -2.36. The molecule has 4 heteroatoms. The van der Waals surface area contributed by atoms with Crippen molar-refractivity contribution in [1.29, 1.82) is 0 Å². The largest absolute Gasteiger partial charge is 0.481 e. The van der Waals surface area contributed by atoms with E-state index < -0.39 is 11.4 Å². The Morgan fingerprint density at radius 1 is 1.17 bits per heavy atom. The summed E-state index contributed by atoms with van der Waals surface area (Å²) in [5.74, 6) is 0.621. The molecule has 3 aliphatic carbocycles. The second-order valence-corrected chi connectivity index (χ2v) is 10.3. The number of para-hydroxylation sites is 1. The summed E-state index contributed by atoms with van der Waals surface area (Å²) < 4.78 is 0. The molecule has 0 saturated heterocycles. The molecule has 158 valence electrons. The van der Waals surface area contributed by atoms with Crippen molar-refractivity contribution in [3.63, 3.8) is 0 Å². The zero-order chi connectivity index (χ0) is 21.1. The lowest BCUT2D eigenvalue weighted by atomic mass is 9.45. The number of anilines is 1. The third-order valence-corrected chi connectivity index (χ3v) is 8.98. The lowest BCUT2D eigenvalue weighted by molar-refractivity contribution is -0.161. The van der Waals surface area contributed by atoms with Gasteiger partial charge in [-0.05, 0) is 86.7 Å². The number of carbonyl (C=O) groups is 2. The van der Waals surface area contributed by atoms with Gasteiger partial charge < -0.3 is 10.4 Å². The highest BCUT2D eigenvalue weighted by Crippen LogP contribution is 2.62. The van der Waals surface area contributed by atoms with E-state index in [2.05, 4.69) is 24.4 Å². The van der Waals surface area contributed by atoms with Gasteiger partial charge in [0.25, 0.3) is 0 Å². The first kappa shape index (κ1) is 19.6. The second-order valence-electron chi connectivity index (χ2n) is 10.3. The Kier molecular flexibility index (Phi) is 4.46. The molecule has 4 aliphatic rings. The number of carbonyl (C=O) groups excluding carboxylic acids is 1. The third kappa shape index (κ3) is 2.72. The van der Waals surface area contributed by atoms with Crippen LogP contribution in [-0.4, -0.2) is 16.9 Å². The first-order chi connectivity index (χ1) is 14.3. The molecule has 0 amide bonds. The summed E-state index contributed by atoms with van der Waals surface area (Å²) in [7, 11) is 0. The average molecular weight is 406 g/mol. The maximum Gasteiger partial charge on any atom is 0.309 e. The highest BCUT2D eigenvalue weighted by atomic mass is 16.4. The highest BCUT2D eigenvalue weighted by Gasteiger charge is 2.57. The molecule has 4 nitrogen and oxygen atoms in total. The average Bonchev–Trinajstić information content (AvgIpc) is 3.05. The van der Waals surface area contributed by atoms with Crippen LogP contribution < -0.4 is 5.32 Å². The van der Waals surface area contributed by atoms with Gasteiger partial charge in [0.05, 0.1) is 11.1 Å². The molecule has 1 heterocycles. The van der Waals surface area contributed by atoms with Gasteiger partial charge in [-0.1, -0.05) is 37.3 Å². The minimum Gasteiger partial charge on any atom is -0.481 e. The molecule has 0 aromatic heterocycles. The quantitative estimate of drug-likeness (QED) is 0.491. The van der Waals surface area contributed by atoms with E-state index in [-0.39, 0.29) is 17.1 Å². The van der Waals surface area contributed by atoms with Crippen LogP contribution in [0.1, 0.15) is 62.7 Å². The third-order valence-electron chi connectivity index (χ3n) is 8.98. The van der Waals surface area contributed by atoms with Gasteiger partial charge in [-0.25, -0.2) is 0 Å². The fraction of sp³-hybridized carbons (Fsp3) is 0.538. The van der Waals surface area contributed by atoms with E-state index in [4.69, 9.17) is 0 Å². The standard InChI is InChI=1S/C26H31NO3/c1-25-13-6-5-7-16(25)10-11-17-19(25)12-14-26(2,24(29)30)20(17)15-22-23(28)18-8-3-4-9-21(18)27-22/h3-6,8-9,15-17,19-20,27H,7,10-14H2,1-2H3,(H,29,30)/b22-15+/t16-,17+,19-,20+,25+,26+/m1/s1. The second kappa shape index (κ2) is 6.83. The zero-order valence-corrected chi connectivity index (χ0v) is 17.9. The molecular formula is C26H31NO3. The molecule has 0 bridgehead atoms. The Bertz CT molecular complexity index is 963. The van der Waals surface area contributed by atoms with E-state index in [1.165, 1.54) is 0 Å².